The first-order valence-electron chi connectivity index (χ1n) is 7.27. The normalized spacial score (nSPS) is 19.0. The molecule has 20 heavy (non-hydrogen) atoms. The van der Waals surface area contributed by atoms with Gasteiger partial charge in [0, 0.05) is 17.8 Å². The molecule has 0 amide bonds. The van der Waals surface area contributed by atoms with Crippen molar-refractivity contribution in [2.45, 2.75) is 45.1 Å². The van der Waals surface area contributed by atoms with Crippen LogP contribution in [0.1, 0.15) is 53.6 Å². The number of rotatable bonds is 5. The summed E-state index contributed by atoms with van der Waals surface area (Å²) < 4.78 is 4.11. The molecule has 0 saturated heterocycles. The molecule has 1 N–H and O–H groups in total. The maximum atomic E-state index is 4.63. The molecule has 2 aromatic rings. The lowest BCUT2D eigenvalue weighted by atomic mass is 9.94. The summed E-state index contributed by atoms with van der Waals surface area (Å²) in [5.41, 5.74) is 3.71. The van der Waals surface area contributed by atoms with Crippen molar-refractivity contribution in [2.24, 2.45) is 0 Å². The maximum Gasteiger partial charge on any atom is 0.0773 e. The number of nitrogens with one attached hydrogen (secondary N) is 1. The second kappa shape index (κ2) is 5.97. The fraction of sp³-hybridized carbons (Fsp3) is 0.533. The number of hydrogen-bond acceptors (Lipinski definition) is 5. The van der Waals surface area contributed by atoms with Crippen LogP contribution >= 0.6 is 11.5 Å². The van der Waals surface area contributed by atoms with E-state index in [9.17, 15) is 0 Å². The summed E-state index contributed by atoms with van der Waals surface area (Å²) in [6, 6.07) is 4.54. The number of aryl methyl sites for hydroxylation is 2. The molecule has 2 heterocycles. The molecule has 3 rings (SSSR count). The molecule has 0 spiro atoms. The zero-order valence-corrected chi connectivity index (χ0v) is 12.8. The van der Waals surface area contributed by atoms with Gasteiger partial charge in [-0.05, 0) is 55.9 Å². The van der Waals surface area contributed by atoms with Crippen molar-refractivity contribution in [1.29, 1.82) is 0 Å². The van der Waals surface area contributed by atoms with Crippen LogP contribution in [-0.2, 0) is 6.42 Å². The summed E-state index contributed by atoms with van der Waals surface area (Å²) in [7, 11) is 0. The van der Waals surface area contributed by atoms with E-state index in [2.05, 4.69) is 32.9 Å². The van der Waals surface area contributed by atoms with E-state index in [1.807, 2.05) is 19.2 Å². The lowest BCUT2D eigenvalue weighted by molar-refractivity contribution is 0.441. The smallest absolute Gasteiger partial charge is 0.0773 e. The molecule has 2 atom stereocenters. The fourth-order valence-electron chi connectivity index (χ4n) is 3.01. The Kier molecular flexibility index (Phi) is 4.08. The third kappa shape index (κ3) is 2.47. The molecular weight excluding hydrogens is 268 g/mol. The number of nitrogens with zero attached hydrogens (tertiary/aromatic N) is 3. The van der Waals surface area contributed by atoms with E-state index in [1.165, 1.54) is 27.7 Å². The molecule has 0 aliphatic heterocycles. The summed E-state index contributed by atoms with van der Waals surface area (Å²) in [5, 5.41) is 7.87. The van der Waals surface area contributed by atoms with Crippen LogP contribution in [0, 0.1) is 6.92 Å². The molecule has 1 aliphatic rings. The van der Waals surface area contributed by atoms with Gasteiger partial charge < -0.3 is 5.32 Å². The molecule has 0 bridgehead atoms. The molecule has 4 nitrogen and oxygen atoms in total. The van der Waals surface area contributed by atoms with E-state index in [-0.39, 0.29) is 0 Å². The Labute approximate surface area is 123 Å². The number of pyridine rings is 1. The summed E-state index contributed by atoms with van der Waals surface area (Å²) in [4.78, 5) is 5.90. The van der Waals surface area contributed by atoms with Crippen molar-refractivity contribution in [2.75, 3.05) is 6.54 Å². The minimum atomic E-state index is 0.297. The average molecular weight is 288 g/mol. The maximum absolute atomic E-state index is 4.63. The monoisotopic (exact) mass is 288 g/mol. The Morgan fingerprint density at radius 1 is 1.50 bits per heavy atom. The van der Waals surface area contributed by atoms with Gasteiger partial charge in [-0.2, -0.15) is 0 Å². The van der Waals surface area contributed by atoms with Gasteiger partial charge in [0.2, 0.25) is 0 Å². The quantitative estimate of drug-likeness (QED) is 0.919. The van der Waals surface area contributed by atoms with Crippen molar-refractivity contribution >= 4 is 11.5 Å². The highest BCUT2D eigenvalue weighted by molar-refractivity contribution is 7.05. The summed E-state index contributed by atoms with van der Waals surface area (Å²) in [6.07, 6.45) is 5.32. The summed E-state index contributed by atoms with van der Waals surface area (Å²) >= 11 is 1.52. The van der Waals surface area contributed by atoms with Crippen molar-refractivity contribution in [3.05, 3.63) is 40.2 Å². The van der Waals surface area contributed by atoms with Gasteiger partial charge in [-0.25, -0.2) is 0 Å². The first-order chi connectivity index (χ1) is 9.81. The Morgan fingerprint density at radius 2 is 2.40 bits per heavy atom. The predicted molar refractivity (Wildman–Crippen MR) is 81.0 cm³/mol. The van der Waals surface area contributed by atoms with Crippen molar-refractivity contribution in [3.63, 3.8) is 0 Å². The van der Waals surface area contributed by atoms with Crippen LogP contribution in [0.15, 0.2) is 18.3 Å². The first-order valence-corrected chi connectivity index (χ1v) is 8.04. The fourth-order valence-corrected chi connectivity index (χ4v) is 3.79. The van der Waals surface area contributed by atoms with E-state index >= 15 is 0 Å². The third-order valence-electron chi connectivity index (χ3n) is 3.99. The highest BCUT2D eigenvalue weighted by Gasteiger charge is 2.33. The highest BCUT2D eigenvalue weighted by Crippen LogP contribution is 2.41. The minimum absolute atomic E-state index is 0.297. The summed E-state index contributed by atoms with van der Waals surface area (Å²) in [6.45, 7) is 5.26. The predicted octanol–water partition coefficient (Wildman–Crippen LogP) is 3.01. The van der Waals surface area contributed by atoms with Crippen LogP contribution in [0.2, 0.25) is 0 Å². The van der Waals surface area contributed by atoms with Crippen LogP contribution in [-0.4, -0.2) is 21.1 Å². The van der Waals surface area contributed by atoms with E-state index < -0.39 is 0 Å². The van der Waals surface area contributed by atoms with Crippen LogP contribution < -0.4 is 5.32 Å². The van der Waals surface area contributed by atoms with Crippen molar-refractivity contribution in [3.8, 4) is 0 Å². The zero-order valence-electron chi connectivity index (χ0n) is 12.0. The topological polar surface area (TPSA) is 50.7 Å². The van der Waals surface area contributed by atoms with Gasteiger partial charge in [0.1, 0.15) is 0 Å². The van der Waals surface area contributed by atoms with Crippen LogP contribution in [0.4, 0.5) is 0 Å². The van der Waals surface area contributed by atoms with Gasteiger partial charge in [-0.3, -0.25) is 4.98 Å². The zero-order chi connectivity index (χ0) is 13.9. The Hall–Kier alpha value is -1.33. The molecule has 5 heteroatoms. The molecule has 0 radical (unpaired) electrons. The van der Waals surface area contributed by atoms with Gasteiger partial charge in [0.05, 0.1) is 16.6 Å². The van der Waals surface area contributed by atoms with Gasteiger partial charge in [0.15, 0.2) is 0 Å². The van der Waals surface area contributed by atoms with Crippen LogP contribution in [0.5, 0.6) is 0 Å². The molecule has 0 saturated carbocycles. The largest absolute Gasteiger partial charge is 0.309 e. The van der Waals surface area contributed by atoms with Crippen LogP contribution in [0.3, 0.4) is 0 Å². The lowest BCUT2D eigenvalue weighted by Crippen LogP contribution is -2.27. The van der Waals surface area contributed by atoms with Gasteiger partial charge in [-0.1, -0.05) is 17.5 Å². The van der Waals surface area contributed by atoms with Crippen molar-refractivity contribution < 1.29 is 0 Å². The first kappa shape index (κ1) is 13.6. The molecule has 0 aromatic carbocycles. The third-order valence-corrected chi connectivity index (χ3v) is 4.90. The lowest BCUT2D eigenvalue weighted by Gasteiger charge is -2.24. The van der Waals surface area contributed by atoms with Gasteiger partial charge >= 0.3 is 0 Å². The van der Waals surface area contributed by atoms with Gasteiger partial charge in [0.25, 0.3) is 0 Å². The summed E-state index contributed by atoms with van der Waals surface area (Å²) in [5.74, 6) is 0.443. The number of aromatic nitrogens is 3. The Morgan fingerprint density at radius 3 is 3.15 bits per heavy atom. The molecule has 0 fully saturated rings. The number of fused-ring (bicyclic) bond motifs is 1. The van der Waals surface area contributed by atoms with E-state index in [1.54, 1.807) is 0 Å². The average Bonchev–Trinajstić information content (AvgIpc) is 3.07. The molecule has 2 aromatic heterocycles. The molecule has 1 aliphatic carbocycles. The second-order valence-corrected chi connectivity index (χ2v) is 6.13. The van der Waals surface area contributed by atoms with E-state index in [4.69, 9.17) is 0 Å². The molecule has 2 unspecified atom stereocenters. The standard InChI is InChI=1S/C15H20N4S/c1-3-8-16-14(15-10(2)18-19-20-15)12-7-6-11-5-4-9-17-13(11)12/h4-5,9,12,14,16H,3,6-8H2,1-2H3. The second-order valence-electron chi connectivity index (χ2n) is 5.35. The van der Waals surface area contributed by atoms with E-state index in [0.717, 1.165) is 31.5 Å². The Balaban J connectivity index is 1.93. The van der Waals surface area contributed by atoms with E-state index in [0.29, 0.717) is 12.0 Å². The van der Waals surface area contributed by atoms with Crippen molar-refractivity contribution in [1.82, 2.24) is 19.9 Å². The Bertz CT molecular complexity index is 581. The molecule has 106 valence electrons. The van der Waals surface area contributed by atoms with Crippen LogP contribution in [0.25, 0.3) is 0 Å². The van der Waals surface area contributed by atoms with Gasteiger partial charge in [-0.15, -0.1) is 5.10 Å². The number of hydrogen-bond donors (Lipinski definition) is 1. The SMILES string of the molecule is CCCNC(c1snnc1C)C1CCc2cccnc21. The highest BCUT2D eigenvalue weighted by atomic mass is 32.1. The molecular formula is C15H20N4S. The minimum Gasteiger partial charge on any atom is -0.309 e.